The standard InChI is InChI=1S/C20H16O5/c1-10(2)15-6-11-5-13-17(8-16(11)24-15)23-9-20(22)14-4-3-12(21)7-18(14)25-19(13)20/h3-8,19,21-22H,1,9H2,2H3/t19-,20+/m0/s1. The van der Waals surface area contributed by atoms with Crippen LogP contribution in [0.4, 0.5) is 0 Å². The molecule has 0 amide bonds. The van der Waals surface area contributed by atoms with Crippen molar-refractivity contribution in [1.29, 1.82) is 0 Å². The molecule has 0 spiro atoms. The van der Waals surface area contributed by atoms with Crippen LogP contribution in [0.2, 0.25) is 0 Å². The van der Waals surface area contributed by atoms with Crippen molar-refractivity contribution in [3.8, 4) is 17.2 Å². The molecule has 5 rings (SSSR count). The van der Waals surface area contributed by atoms with E-state index in [2.05, 4.69) is 6.58 Å². The minimum absolute atomic E-state index is 0.0714. The van der Waals surface area contributed by atoms with Crippen molar-refractivity contribution < 1.29 is 24.1 Å². The molecule has 0 radical (unpaired) electrons. The van der Waals surface area contributed by atoms with E-state index in [1.165, 1.54) is 12.1 Å². The highest BCUT2D eigenvalue weighted by atomic mass is 16.5. The predicted molar refractivity (Wildman–Crippen MR) is 91.8 cm³/mol. The highest BCUT2D eigenvalue weighted by molar-refractivity contribution is 5.84. The summed E-state index contributed by atoms with van der Waals surface area (Å²) in [5.41, 5.74) is 1.63. The van der Waals surface area contributed by atoms with E-state index in [0.717, 1.165) is 16.5 Å². The summed E-state index contributed by atoms with van der Waals surface area (Å²) in [6.07, 6.45) is -0.597. The number of allylic oxidation sites excluding steroid dienone is 1. The SMILES string of the molecule is C=C(C)c1cc2cc3c(cc2o1)OC[C@@]1(O)c2ccc(O)cc2O[C@@H]31. The molecule has 2 aromatic carbocycles. The van der Waals surface area contributed by atoms with E-state index < -0.39 is 11.7 Å². The molecule has 0 bridgehead atoms. The third kappa shape index (κ3) is 1.87. The number of furan rings is 1. The quantitative estimate of drug-likeness (QED) is 0.705. The van der Waals surface area contributed by atoms with Crippen molar-refractivity contribution in [3.05, 3.63) is 59.9 Å². The van der Waals surface area contributed by atoms with E-state index in [1.54, 1.807) is 6.07 Å². The first-order chi connectivity index (χ1) is 12.0. The highest BCUT2D eigenvalue weighted by Crippen LogP contribution is 2.54. The fraction of sp³-hybridized carbons (Fsp3) is 0.200. The number of rotatable bonds is 1. The van der Waals surface area contributed by atoms with Crippen LogP contribution in [0.1, 0.15) is 29.9 Å². The second kappa shape index (κ2) is 4.58. The fourth-order valence-corrected chi connectivity index (χ4v) is 3.62. The summed E-state index contributed by atoms with van der Waals surface area (Å²) in [7, 11) is 0. The Kier molecular flexibility index (Phi) is 2.64. The Morgan fingerprint density at radius 2 is 2.04 bits per heavy atom. The summed E-state index contributed by atoms with van der Waals surface area (Å²) in [5, 5.41) is 21.8. The van der Waals surface area contributed by atoms with Crippen LogP contribution in [0.15, 0.2) is 47.4 Å². The van der Waals surface area contributed by atoms with Crippen molar-refractivity contribution in [2.24, 2.45) is 0 Å². The Hall–Kier alpha value is -2.92. The van der Waals surface area contributed by atoms with Crippen LogP contribution in [-0.2, 0) is 5.60 Å². The minimum Gasteiger partial charge on any atom is -0.508 e. The van der Waals surface area contributed by atoms with Crippen LogP contribution >= 0.6 is 0 Å². The molecular weight excluding hydrogens is 320 g/mol. The molecule has 0 saturated heterocycles. The van der Waals surface area contributed by atoms with Crippen LogP contribution in [0, 0.1) is 0 Å². The number of hydrogen-bond acceptors (Lipinski definition) is 5. The van der Waals surface area contributed by atoms with Crippen LogP contribution in [0.3, 0.4) is 0 Å². The van der Waals surface area contributed by atoms with Crippen molar-refractivity contribution in [1.82, 2.24) is 0 Å². The van der Waals surface area contributed by atoms with Crippen LogP contribution in [0.25, 0.3) is 16.5 Å². The smallest absolute Gasteiger partial charge is 0.168 e. The van der Waals surface area contributed by atoms with E-state index in [0.29, 0.717) is 28.4 Å². The lowest BCUT2D eigenvalue weighted by Crippen LogP contribution is -2.41. The molecule has 0 aliphatic carbocycles. The maximum Gasteiger partial charge on any atom is 0.168 e. The maximum atomic E-state index is 11.2. The Balaban J connectivity index is 1.68. The van der Waals surface area contributed by atoms with Crippen LogP contribution < -0.4 is 9.47 Å². The topological polar surface area (TPSA) is 72.1 Å². The lowest BCUT2D eigenvalue weighted by molar-refractivity contribution is -0.0862. The monoisotopic (exact) mass is 336 g/mol. The molecule has 2 N–H and O–H groups in total. The first kappa shape index (κ1) is 14.4. The van der Waals surface area contributed by atoms with E-state index in [4.69, 9.17) is 13.9 Å². The molecule has 126 valence electrons. The number of hydrogen-bond donors (Lipinski definition) is 2. The number of benzene rings is 2. The zero-order chi connectivity index (χ0) is 17.3. The Bertz CT molecular complexity index is 1050. The van der Waals surface area contributed by atoms with Gasteiger partial charge in [0, 0.05) is 28.6 Å². The lowest BCUT2D eigenvalue weighted by Gasteiger charge is -2.34. The van der Waals surface area contributed by atoms with Gasteiger partial charge in [-0.3, -0.25) is 0 Å². The molecule has 1 aromatic heterocycles. The van der Waals surface area contributed by atoms with E-state index >= 15 is 0 Å². The average Bonchev–Trinajstić information content (AvgIpc) is 3.11. The fourth-order valence-electron chi connectivity index (χ4n) is 3.62. The summed E-state index contributed by atoms with van der Waals surface area (Å²) in [5.74, 6) is 1.91. The van der Waals surface area contributed by atoms with E-state index in [9.17, 15) is 10.2 Å². The van der Waals surface area contributed by atoms with Gasteiger partial charge in [0.2, 0.25) is 0 Å². The molecule has 2 aliphatic rings. The zero-order valence-corrected chi connectivity index (χ0v) is 13.6. The number of aliphatic hydroxyl groups is 1. The van der Waals surface area contributed by atoms with Crippen molar-refractivity contribution in [2.75, 3.05) is 6.61 Å². The van der Waals surface area contributed by atoms with Crippen LogP contribution in [-0.4, -0.2) is 16.8 Å². The average molecular weight is 336 g/mol. The van der Waals surface area contributed by atoms with Gasteiger partial charge in [-0.25, -0.2) is 0 Å². The largest absolute Gasteiger partial charge is 0.508 e. The number of fused-ring (bicyclic) bond motifs is 6. The normalized spacial score (nSPS) is 23.4. The Morgan fingerprint density at radius 1 is 1.20 bits per heavy atom. The highest BCUT2D eigenvalue weighted by Gasteiger charge is 2.53. The third-order valence-corrected chi connectivity index (χ3v) is 4.91. The molecule has 25 heavy (non-hydrogen) atoms. The second-order valence-electron chi connectivity index (χ2n) is 6.71. The first-order valence-electron chi connectivity index (χ1n) is 8.04. The lowest BCUT2D eigenvalue weighted by atomic mass is 9.84. The molecule has 0 unspecified atom stereocenters. The number of aromatic hydroxyl groups is 1. The molecule has 5 nitrogen and oxygen atoms in total. The van der Waals surface area contributed by atoms with Crippen LogP contribution in [0.5, 0.6) is 17.2 Å². The Labute approximate surface area is 143 Å². The molecule has 3 heterocycles. The first-order valence-corrected chi connectivity index (χ1v) is 8.04. The number of phenolic OH excluding ortho intramolecular Hbond substituents is 1. The van der Waals surface area contributed by atoms with Gasteiger partial charge < -0.3 is 24.1 Å². The molecule has 0 fully saturated rings. The molecule has 2 aliphatic heterocycles. The van der Waals surface area contributed by atoms with Crippen molar-refractivity contribution in [2.45, 2.75) is 18.6 Å². The Morgan fingerprint density at radius 3 is 2.84 bits per heavy atom. The van der Waals surface area contributed by atoms with Gasteiger partial charge in [-0.15, -0.1) is 0 Å². The van der Waals surface area contributed by atoms with Gasteiger partial charge in [0.15, 0.2) is 11.7 Å². The van der Waals surface area contributed by atoms with Crippen molar-refractivity contribution >= 4 is 16.5 Å². The second-order valence-corrected chi connectivity index (χ2v) is 6.71. The zero-order valence-electron chi connectivity index (χ0n) is 13.6. The number of phenols is 1. The predicted octanol–water partition coefficient (Wildman–Crippen LogP) is 3.89. The molecule has 0 saturated carbocycles. The van der Waals surface area contributed by atoms with Gasteiger partial charge >= 0.3 is 0 Å². The summed E-state index contributed by atoms with van der Waals surface area (Å²) in [6, 6.07) is 10.4. The van der Waals surface area contributed by atoms with Crippen molar-refractivity contribution in [3.63, 3.8) is 0 Å². The number of ether oxygens (including phenoxy) is 2. The van der Waals surface area contributed by atoms with Gasteiger partial charge in [0.25, 0.3) is 0 Å². The summed E-state index contributed by atoms with van der Waals surface area (Å²) >= 11 is 0. The van der Waals surface area contributed by atoms with Gasteiger partial charge in [-0.1, -0.05) is 6.58 Å². The summed E-state index contributed by atoms with van der Waals surface area (Å²) in [4.78, 5) is 0. The van der Waals surface area contributed by atoms with Gasteiger partial charge in [0.1, 0.15) is 35.2 Å². The molecule has 3 aromatic rings. The minimum atomic E-state index is -1.29. The van der Waals surface area contributed by atoms with Gasteiger partial charge in [-0.2, -0.15) is 0 Å². The summed E-state index contributed by atoms with van der Waals surface area (Å²) < 4.78 is 17.6. The third-order valence-electron chi connectivity index (χ3n) is 4.91. The molecule has 2 atom stereocenters. The maximum absolute atomic E-state index is 11.2. The molecular formula is C20H16O5. The van der Waals surface area contributed by atoms with Gasteiger partial charge in [-0.05, 0) is 36.8 Å². The van der Waals surface area contributed by atoms with E-state index in [1.807, 2.05) is 25.1 Å². The summed E-state index contributed by atoms with van der Waals surface area (Å²) in [6.45, 7) is 5.86. The molecule has 5 heteroatoms. The van der Waals surface area contributed by atoms with E-state index in [-0.39, 0.29) is 12.4 Å². The van der Waals surface area contributed by atoms with Gasteiger partial charge in [0.05, 0.1) is 0 Å².